The number of hydrogen-bond acceptors (Lipinski definition) is 4. The van der Waals surface area contributed by atoms with E-state index < -0.39 is 0 Å². The summed E-state index contributed by atoms with van der Waals surface area (Å²) in [6.45, 7) is 4.43. The molecule has 0 unspecified atom stereocenters. The van der Waals surface area contributed by atoms with Gasteiger partial charge >= 0.3 is 0 Å². The molecule has 3 aromatic rings. The highest BCUT2D eigenvalue weighted by Gasteiger charge is 2.25. The third-order valence-corrected chi connectivity index (χ3v) is 5.56. The van der Waals surface area contributed by atoms with E-state index >= 15 is 0 Å². The van der Waals surface area contributed by atoms with E-state index in [1.807, 2.05) is 29.4 Å². The molecule has 0 N–H and O–H groups in total. The molecule has 6 heteroatoms. The molecule has 146 valence electrons. The van der Waals surface area contributed by atoms with Gasteiger partial charge in [-0.15, -0.1) is 0 Å². The largest absolute Gasteiger partial charge is 0.339 e. The lowest BCUT2D eigenvalue weighted by atomic mass is 9.95. The Kier molecular flexibility index (Phi) is 5.39. The summed E-state index contributed by atoms with van der Waals surface area (Å²) in [4.78, 5) is 23.5. The van der Waals surface area contributed by atoms with Crippen LogP contribution in [0.5, 0.6) is 0 Å². The van der Waals surface area contributed by atoms with E-state index in [1.54, 1.807) is 30.5 Å². The van der Waals surface area contributed by atoms with Crippen LogP contribution in [0.4, 0.5) is 0 Å². The number of nitriles is 1. The minimum Gasteiger partial charge on any atom is -0.339 e. The summed E-state index contributed by atoms with van der Waals surface area (Å²) in [7, 11) is 0. The molecule has 6 nitrogen and oxygen atoms in total. The average molecular weight is 385 g/mol. The quantitative estimate of drug-likeness (QED) is 0.687. The first kappa shape index (κ1) is 18.9. The van der Waals surface area contributed by atoms with Crippen molar-refractivity contribution in [2.24, 2.45) is 5.92 Å². The van der Waals surface area contributed by atoms with Gasteiger partial charge in [-0.2, -0.15) is 5.26 Å². The number of pyridine rings is 1. The van der Waals surface area contributed by atoms with Crippen LogP contribution >= 0.6 is 0 Å². The van der Waals surface area contributed by atoms with Crippen molar-refractivity contribution in [3.63, 3.8) is 0 Å². The third-order valence-electron chi connectivity index (χ3n) is 5.56. The predicted molar refractivity (Wildman–Crippen MR) is 110 cm³/mol. The number of nitrogens with zero attached hydrogens (tertiary/aromatic N) is 5. The number of aromatic nitrogens is 3. The molecule has 1 amide bonds. The van der Waals surface area contributed by atoms with Gasteiger partial charge < -0.3 is 9.47 Å². The van der Waals surface area contributed by atoms with Crippen molar-refractivity contribution in [3.8, 4) is 17.5 Å². The van der Waals surface area contributed by atoms with Crippen LogP contribution in [0.3, 0.4) is 0 Å². The van der Waals surface area contributed by atoms with Crippen LogP contribution < -0.4 is 0 Å². The molecular formula is C23H23N5O. The van der Waals surface area contributed by atoms with Gasteiger partial charge in [0.05, 0.1) is 11.6 Å². The molecule has 1 aliphatic rings. The zero-order valence-corrected chi connectivity index (χ0v) is 16.5. The van der Waals surface area contributed by atoms with Gasteiger partial charge in [0.2, 0.25) is 0 Å². The lowest BCUT2D eigenvalue weighted by Gasteiger charge is -2.32. The van der Waals surface area contributed by atoms with E-state index in [-0.39, 0.29) is 5.91 Å². The summed E-state index contributed by atoms with van der Waals surface area (Å²) in [5.41, 5.74) is 3.26. The topological polar surface area (TPSA) is 74.8 Å². The fraction of sp³-hybridized carbons (Fsp3) is 0.304. The van der Waals surface area contributed by atoms with Gasteiger partial charge in [-0.25, -0.2) is 4.98 Å². The SMILES string of the molecule is Cc1cnc(-c2cccnc2)n1CC1CCN(C(=O)c2cccc(C#N)c2)CC1. The predicted octanol–water partition coefficient (Wildman–Crippen LogP) is 3.68. The molecule has 1 saturated heterocycles. The van der Waals surface area contributed by atoms with Crippen molar-refractivity contribution in [1.82, 2.24) is 19.4 Å². The summed E-state index contributed by atoms with van der Waals surface area (Å²) in [5.74, 6) is 1.45. The maximum Gasteiger partial charge on any atom is 0.253 e. The average Bonchev–Trinajstić information content (AvgIpc) is 3.14. The Morgan fingerprint density at radius 1 is 1.21 bits per heavy atom. The summed E-state index contributed by atoms with van der Waals surface area (Å²) < 4.78 is 2.26. The molecule has 2 aromatic heterocycles. The van der Waals surface area contributed by atoms with E-state index in [1.165, 1.54) is 0 Å². The number of rotatable bonds is 4. The van der Waals surface area contributed by atoms with E-state index in [0.717, 1.165) is 49.6 Å². The van der Waals surface area contributed by atoms with Crippen LogP contribution in [0.15, 0.2) is 55.0 Å². The van der Waals surface area contributed by atoms with E-state index in [0.29, 0.717) is 17.0 Å². The molecule has 0 bridgehead atoms. The van der Waals surface area contributed by atoms with Crippen LogP contribution in [0.2, 0.25) is 0 Å². The highest BCUT2D eigenvalue weighted by molar-refractivity contribution is 5.94. The molecule has 0 aliphatic carbocycles. The van der Waals surface area contributed by atoms with Gasteiger partial charge in [-0.3, -0.25) is 9.78 Å². The molecule has 0 atom stereocenters. The van der Waals surface area contributed by atoms with Crippen molar-refractivity contribution < 1.29 is 4.79 Å². The molecule has 0 saturated carbocycles. The second kappa shape index (κ2) is 8.27. The summed E-state index contributed by atoms with van der Waals surface area (Å²) in [6, 6.07) is 13.0. The van der Waals surface area contributed by atoms with Gasteiger partial charge in [0.1, 0.15) is 5.82 Å². The molecule has 1 aliphatic heterocycles. The van der Waals surface area contributed by atoms with Crippen LogP contribution in [0.1, 0.15) is 34.5 Å². The fourth-order valence-corrected chi connectivity index (χ4v) is 3.90. The Morgan fingerprint density at radius 3 is 2.76 bits per heavy atom. The van der Waals surface area contributed by atoms with Crippen molar-refractivity contribution in [2.45, 2.75) is 26.3 Å². The van der Waals surface area contributed by atoms with Crippen LogP contribution in [-0.4, -0.2) is 38.4 Å². The number of amides is 1. The highest BCUT2D eigenvalue weighted by atomic mass is 16.2. The Labute approximate surface area is 170 Å². The van der Waals surface area contributed by atoms with E-state index in [4.69, 9.17) is 5.26 Å². The molecule has 0 spiro atoms. The standard InChI is InChI=1S/C23H23N5O/c1-17-14-26-22(21-6-3-9-25-15-21)28(17)16-18-7-10-27(11-8-18)23(29)20-5-2-4-19(12-20)13-24/h2-6,9,12,14-15,18H,7-8,10-11,16H2,1H3. The summed E-state index contributed by atoms with van der Waals surface area (Å²) >= 11 is 0. The molecule has 3 heterocycles. The number of likely N-dealkylation sites (tertiary alicyclic amines) is 1. The molecule has 4 rings (SSSR count). The first-order chi connectivity index (χ1) is 14.2. The number of hydrogen-bond donors (Lipinski definition) is 0. The monoisotopic (exact) mass is 385 g/mol. The lowest BCUT2D eigenvalue weighted by Crippen LogP contribution is -2.39. The number of piperidine rings is 1. The number of benzene rings is 1. The molecular weight excluding hydrogens is 362 g/mol. The van der Waals surface area contributed by atoms with Gasteiger partial charge in [0.25, 0.3) is 5.91 Å². The smallest absolute Gasteiger partial charge is 0.253 e. The third kappa shape index (κ3) is 4.04. The van der Waals surface area contributed by atoms with Crippen molar-refractivity contribution in [1.29, 1.82) is 5.26 Å². The Morgan fingerprint density at radius 2 is 2.03 bits per heavy atom. The van der Waals surface area contributed by atoms with Crippen molar-refractivity contribution in [2.75, 3.05) is 13.1 Å². The second-order valence-corrected chi connectivity index (χ2v) is 7.50. The van der Waals surface area contributed by atoms with Gasteiger partial charge in [0.15, 0.2) is 0 Å². The van der Waals surface area contributed by atoms with Crippen molar-refractivity contribution in [3.05, 3.63) is 71.8 Å². The maximum absolute atomic E-state index is 12.8. The molecule has 29 heavy (non-hydrogen) atoms. The fourth-order valence-electron chi connectivity index (χ4n) is 3.90. The van der Waals surface area contributed by atoms with Gasteiger partial charge in [0, 0.05) is 55.0 Å². The molecule has 1 aromatic carbocycles. The number of aryl methyl sites for hydroxylation is 1. The van der Waals surface area contributed by atoms with Crippen LogP contribution in [-0.2, 0) is 6.54 Å². The molecule has 0 radical (unpaired) electrons. The summed E-state index contributed by atoms with van der Waals surface area (Å²) in [6.07, 6.45) is 7.42. The van der Waals surface area contributed by atoms with Crippen LogP contribution in [0, 0.1) is 24.2 Å². The lowest BCUT2D eigenvalue weighted by molar-refractivity contribution is 0.0682. The maximum atomic E-state index is 12.8. The van der Waals surface area contributed by atoms with Gasteiger partial charge in [-0.05, 0) is 56.0 Å². The number of carbonyl (C=O) groups is 1. The Hall–Kier alpha value is -3.46. The van der Waals surface area contributed by atoms with Crippen molar-refractivity contribution >= 4 is 5.91 Å². The van der Waals surface area contributed by atoms with E-state index in [9.17, 15) is 4.79 Å². The second-order valence-electron chi connectivity index (χ2n) is 7.50. The zero-order valence-electron chi connectivity index (χ0n) is 16.5. The number of carbonyl (C=O) groups excluding carboxylic acids is 1. The highest BCUT2D eigenvalue weighted by Crippen LogP contribution is 2.25. The number of imidazole rings is 1. The van der Waals surface area contributed by atoms with Crippen LogP contribution in [0.25, 0.3) is 11.4 Å². The Bertz CT molecular complexity index is 1040. The van der Waals surface area contributed by atoms with Gasteiger partial charge in [-0.1, -0.05) is 6.07 Å². The first-order valence-electron chi connectivity index (χ1n) is 9.87. The molecule has 1 fully saturated rings. The first-order valence-corrected chi connectivity index (χ1v) is 9.87. The normalized spacial score (nSPS) is 14.6. The summed E-state index contributed by atoms with van der Waals surface area (Å²) in [5, 5.41) is 9.05. The minimum absolute atomic E-state index is 0.00964. The Balaban J connectivity index is 1.42. The minimum atomic E-state index is 0.00964. The van der Waals surface area contributed by atoms with E-state index in [2.05, 4.69) is 27.5 Å². The zero-order chi connectivity index (χ0) is 20.2.